The number of halogens is 1. The molecule has 4 N–H and O–H groups in total. The number of rotatable bonds is 8. The highest BCUT2D eigenvalue weighted by atomic mass is 35.5. The van der Waals surface area contributed by atoms with Crippen molar-refractivity contribution >= 4 is 18.7 Å². The van der Waals surface area contributed by atoms with Gasteiger partial charge in [-0.15, -0.1) is 0 Å². The van der Waals surface area contributed by atoms with Gasteiger partial charge in [-0.1, -0.05) is 36.6 Å². The quantitative estimate of drug-likeness (QED) is 0.497. The van der Waals surface area contributed by atoms with Crippen LogP contribution in [0.2, 0.25) is 11.3 Å². The van der Waals surface area contributed by atoms with Gasteiger partial charge in [-0.25, -0.2) is 0 Å². The number of hydrogen-bond acceptors (Lipinski definition) is 4. The first kappa shape index (κ1) is 19.7. The molecule has 0 amide bonds. The summed E-state index contributed by atoms with van der Waals surface area (Å²) in [4.78, 5) is 2.48. The van der Waals surface area contributed by atoms with Gasteiger partial charge in [-0.3, -0.25) is 4.90 Å². The van der Waals surface area contributed by atoms with Crippen molar-refractivity contribution in [2.45, 2.75) is 57.4 Å². The van der Waals surface area contributed by atoms with Crippen molar-refractivity contribution in [3.8, 4) is 0 Å². The molecule has 1 unspecified atom stereocenters. The van der Waals surface area contributed by atoms with E-state index in [1.54, 1.807) is 0 Å². The number of unbranched alkanes of at least 4 members (excludes halogenated alkanes) is 1. The van der Waals surface area contributed by atoms with Crippen LogP contribution in [-0.2, 0) is 6.54 Å². The Hall–Kier alpha value is -0.585. The van der Waals surface area contributed by atoms with Gasteiger partial charge >= 0.3 is 7.12 Å². The molecule has 1 fully saturated rings. The first-order valence-electron chi connectivity index (χ1n) is 8.98. The molecule has 0 spiro atoms. The summed E-state index contributed by atoms with van der Waals surface area (Å²) < 4.78 is 0. The van der Waals surface area contributed by atoms with Crippen LogP contribution in [0.15, 0.2) is 24.3 Å². The average molecular weight is 353 g/mol. The largest absolute Gasteiger partial charge is 0.451 e. The highest BCUT2D eigenvalue weighted by Gasteiger charge is 2.32. The molecule has 0 radical (unpaired) electrons. The molecule has 4 nitrogen and oxygen atoms in total. The zero-order chi connectivity index (χ0) is 17.6. The molecule has 0 aromatic heterocycles. The lowest BCUT2D eigenvalue weighted by atomic mass is 9.75. The Morgan fingerprint density at radius 3 is 2.42 bits per heavy atom. The third-order valence-corrected chi connectivity index (χ3v) is 5.52. The predicted octanol–water partition coefficient (Wildman–Crippen LogP) is 2.91. The van der Waals surface area contributed by atoms with Crippen molar-refractivity contribution in [3.63, 3.8) is 0 Å². The maximum absolute atomic E-state index is 8.91. The molecule has 0 bridgehead atoms. The summed E-state index contributed by atoms with van der Waals surface area (Å²) in [5.74, 6) is 0.540. The van der Waals surface area contributed by atoms with Crippen molar-refractivity contribution in [1.29, 1.82) is 0 Å². The second-order valence-electron chi connectivity index (χ2n) is 7.41. The molecule has 6 heteroatoms. The van der Waals surface area contributed by atoms with Gasteiger partial charge in [0, 0.05) is 17.1 Å². The SMILES string of the molecule is CC(N)(CCCCB(O)O)C1CCN(Cc2ccc(Cl)cc2)CC1. The third kappa shape index (κ3) is 6.38. The van der Waals surface area contributed by atoms with Crippen LogP contribution >= 0.6 is 11.6 Å². The molecule has 24 heavy (non-hydrogen) atoms. The summed E-state index contributed by atoms with van der Waals surface area (Å²) in [6.07, 6.45) is 5.42. The highest BCUT2D eigenvalue weighted by Crippen LogP contribution is 2.31. The number of benzene rings is 1. The maximum atomic E-state index is 8.91. The smallest absolute Gasteiger partial charge is 0.427 e. The van der Waals surface area contributed by atoms with Crippen molar-refractivity contribution < 1.29 is 10.0 Å². The van der Waals surface area contributed by atoms with Crippen molar-refractivity contribution in [1.82, 2.24) is 4.90 Å². The first-order valence-corrected chi connectivity index (χ1v) is 9.36. The van der Waals surface area contributed by atoms with E-state index in [0.29, 0.717) is 12.2 Å². The number of piperidine rings is 1. The van der Waals surface area contributed by atoms with E-state index < -0.39 is 7.12 Å². The molecule has 1 aromatic carbocycles. The van der Waals surface area contributed by atoms with Crippen LogP contribution in [-0.4, -0.2) is 40.7 Å². The van der Waals surface area contributed by atoms with Crippen LogP contribution in [0.3, 0.4) is 0 Å². The van der Waals surface area contributed by atoms with Crippen LogP contribution in [0.4, 0.5) is 0 Å². The molecule has 0 aliphatic carbocycles. The van der Waals surface area contributed by atoms with Gasteiger partial charge in [0.25, 0.3) is 0 Å². The summed E-state index contributed by atoms with van der Waals surface area (Å²) in [5.41, 5.74) is 7.71. The van der Waals surface area contributed by atoms with Crippen molar-refractivity contribution in [3.05, 3.63) is 34.9 Å². The normalized spacial score (nSPS) is 19.2. The second kappa shape index (κ2) is 9.21. The van der Waals surface area contributed by atoms with E-state index in [9.17, 15) is 0 Å². The van der Waals surface area contributed by atoms with Crippen LogP contribution in [0.25, 0.3) is 0 Å². The Balaban J connectivity index is 1.73. The van der Waals surface area contributed by atoms with Gasteiger partial charge in [-0.2, -0.15) is 0 Å². The van der Waals surface area contributed by atoms with Crippen LogP contribution in [0.1, 0.15) is 44.6 Å². The predicted molar refractivity (Wildman–Crippen MR) is 101 cm³/mol. The van der Waals surface area contributed by atoms with Gasteiger partial charge in [0.2, 0.25) is 0 Å². The molecule has 1 heterocycles. The topological polar surface area (TPSA) is 69.7 Å². The standard InChI is InChI=1S/C18H30BClN2O2/c1-18(21,10-2-3-11-19(23)24)16-8-12-22(13-9-16)14-15-4-6-17(20)7-5-15/h4-7,16,23-24H,2-3,8-14,21H2,1H3. The van der Waals surface area contributed by atoms with E-state index in [0.717, 1.165) is 56.8 Å². The summed E-state index contributed by atoms with van der Waals surface area (Å²) in [6, 6.07) is 8.09. The average Bonchev–Trinajstić information content (AvgIpc) is 2.54. The summed E-state index contributed by atoms with van der Waals surface area (Å²) in [6.45, 7) is 5.28. The number of hydrogen-bond donors (Lipinski definition) is 3. The lowest BCUT2D eigenvalue weighted by molar-refractivity contribution is 0.125. The lowest BCUT2D eigenvalue weighted by Crippen LogP contribution is -2.49. The lowest BCUT2D eigenvalue weighted by Gasteiger charge is -2.40. The van der Waals surface area contributed by atoms with E-state index >= 15 is 0 Å². The molecule has 1 aliphatic rings. The molecular formula is C18H30BClN2O2. The minimum absolute atomic E-state index is 0.160. The molecule has 0 saturated carbocycles. The fourth-order valence-electron chi connectivity index (χ4n) is 3.64. The summed E-state index contributed by atoms with van der Waals surface area (Å²) in [5, 5.41) is 18.6. The van der Waals surface area contributed by atoms with E-state index in [-0.39, 0.29) is 5.54 Å². The third-order valence-electron chi connectivity index (χ3n) is 5.27. The van der Waals surface area contributed by atoms with Gasteiger partial charge in [0.15, 0.2) is 0 Å². The highest BCUT2D eigenvalue weighted by molar-refractivity contribution is 6.40. The number of nitrogens with zero attached hydrogens (tertiary/aromatic N) is 1. The molecule has 1 aromatic rings. The summed E-state index contributed by atoms with van der Waals surface area (Å²) >= 11 is 5.94. The van der Waals surface area contributed by atoms with E-state index in [1.807, 2.05) is 12.1 Å². The summed E-state index contributed by atoms with van der Waals surface area (Å²) in [7, 11) is -1.19. The van der Waals surface area contributed by atoms with Crippen molar-refractivity contribution in [2.24, 2.45) is 11.7 Å². The molecule has 134 valence electrons. The van der Waals surface area contributed by atoms with Crippen LogP contribution in [0.5, 0.6) is 0 Å². The number of likely N-dealkylation sites (tertiary alicyclic amines) is 1. The Labute approximate surface area is 151 Å². The zero-order valence-corrected chi connectivity index (χ0v) is 15.4. The van der Waals surface area contributed by atoms with Crippen LogP contribution < -0.4 is 5.73 Å². The Bertz CT molecular complexity index is 488. The van der Waals surface area contributed by atoms with Gasteiger partial charge in [-0.05, 0) is 69.2 Å². The minimum Gasteiger partial charge on any atom is -0.427 e. The fraction of sp³-hybridized carbons (Fsp3) is 0.667. The maximum Gasteiger partial charge on any atom is 0.451 e. The molecule has 1 atom stereocenters. The van der Waals surface area contributed by atoms with E-state index in [1.165, 1.54) is 5.56 Å². The van der Waals surface area contributed by atoms with Gasteiger partial charge in [0.05, 0.1) is 0 Å². The molecule has 1 saturated heterocycles. The molecular weight excluding hydrogens is 322 g/mol. The fourth-order valence-corrected chi connectivity index (χ4v) is 3.76. The first-order chi connectivity index (χ1) is 11.4. The minimum atomic E-state index is -1.19. The Kier molecular flexibility index (Phi) is 7.57. The Morgan fingerprint density at radius 2 is 1.83 bits per heavy atom. The molecule has 1 aliphatic heterocycles. The Morgan fingerprint density at radius 1 is 1.21 bits per heavy atom. The number of nitrogens with two attached hydrogens (primary N) is 1. The van der Waals surface area contributed by atoms with Crippen molar-refractivity contribution in [2.75, 3.05) is 13.1 Å². The monoisotopic (exact) mass is 352 g/mol. The zero-order valence-electron chi connectivity index (χ0n) is 14.6. The molecule has 2 rings (SSSR count). The van der Waals surface area contributed by atoms with Crippen LogP contribution in [0, 0.1) is 5.92 Å². The second-order valence-corrected chi connectivity index (χ2v) is 7.85. The van der Waals surface area contributed by atoms with Gasteiger partial charge in [0.1, 0.15) is 0 Å². The van der Waals surface area contributed by atoms with E-state index in [2.05, 4.69) is 24.0 Å². The van der Waals surface area contributed by atoms with E-state index in [4.69, 9.17) is 27.4 Å². The van der Waals surface area contributed by atoms with Gasteiger partial charge < -0.3 is 15.8 Å².